The third kappa shape index (κ3) is 5.58. The smallest absolute Gasteiger partial charge is 0.0683 e. The Labute approximate surface area is 156 Å². The first-order valence-electron chi connectivity index (χ1n) is 8.09. The molecule has 1 N–H and O–H groups in total. The fourth-order valence-corrected chi connectivity index (χ4v) is 3.28. The SMILES string of the molecule is Clc1ccc(CN(CNc2ccccc2)C2CCCC2)cc1.[V]. The summed E-state index contributed by atoms with van der Waals surface area (Å²) in [5.41, 5.74) is 2.51. The maximum absolute atomic E-state index is 5.99. The predicted octanol–water partition coefficient (Wildman–Crippen LogP) is 5.15. The van der Waals surface area contributed by atoms with Gasteiger partial charge >= 0.3 is 0 Å². The summed E-state index contributed by atoms with van der Waals surface area (Å²) in [6.45, 7) is 1.86. The van der Waals surface area contributed by atoms with Crippen molar-refractivity contribution in [3.05, 3.63) is 65.2 Å². The third-order valence-corrected chi connectivity index (χ3v) is 4.65. The van der Waals surface area contributed by atoms with Gasteiger partial charge in [0.05, 0.1) is 6.67 Å². The van der Waals surface area contributed by atoms with Crippen LogP contribution in [-0.4, -0.2) is 17.6 Å². The van der Waals surface area contributed by atoms with E-state index in [1.54, 1.807) is 0 Å². The summed E-state index contributed by atoms with van der Waals surface area (Å²) in [5.74, 6) is 0. The molecule has 4 heteroatoms. The molecule has 0 saturated heterocycles. The van der Waals surface area contributed by atoms with Crippen LogP contribution in [0.1, 0.15) is 31.2 Å². The van der Waals surface area contributed by atoms with Crippen molar-refractivity contribution >= 4 is 17.3 Å². The van der Waals surface area contributed by atoms with Crippen LogP contribution < -0.4 is 5.32 Å². The van der Waals surface area contributed by atoms with Crippen molar-refractivity contribution in [3.8, 4) is 0 Å². The van der Waals surface area contributed by atoms with Crippen molar-refractivity contribution in [3.63, 3.8) is 0 Å². The molecule has 23 heavy (non-hydrogen) atoms. The molecule has 2 nitrogen and oxygen atoms in total. The van der Waals surface area contributed by atoms with Crippen LogP contribution in [0, 0.1) is 0 Å². The molecule has 1 fully saturated rings. The molecule has 1 aliphatic rings. The molecule has 0 heterocycles. The Morgan fingerprint density at radius 1 is 0.957 bits per heavy atom. The van der Waals surface area contributed by atoms with E-state index in [1.807, 2.05) is 18.2 Å². The number of nitrogens with one attached hydrogen (secondary N) is 1. The van der Waals surface area contributed by atoms with Gasteiger partial charge in [0.1, 0.15) is 0 Å². The Morgan fingerprint density at radius 3 is 2.26 bits per heavy atom. The normalized spacial score (nSPS) is 14.7. The van der Waals surface area contributed by atoms with Crippen LogP contribution in [-0.2, 0) is 25.1 Å². The van der Waals surface area contributed by atoms with E-state index < -0.39 is 0 Å². The minimum atomic E-state index is 0. The summed E-state index contributed by atoms with van der Waals surface area (Å²) in [5, 5.41) is 4.36. The van der Waals surface area contributed by atoms with Gasteiger partial charge in [0, 0.05) is 41.9 Å². The van der Waals surface area contributed by atoms with E-state index in [9.17, 15) is 0 Å². The van der Waals surface area contributed by atoms with Gasteiger partial charge in [0.25, 0.3) is 0 Å². The molecule has 121 valence electrons. The summed E-state index contributed by atoms with van der Waals surface area (Å²) >= 11 is 5.99. The molecule has 0 bridgehead atoms. The molecule has 0 spiro atoms. The number of nitrogens with zero attached hydrogens (tertiary/aromatic N) is 1. The van der Waals surface area contributed by atoms with Crippen molar-refractivity contribution in [2.24, 2.45) is 0 Å². The fourth-order valence-electron chi connectivity index (χ4n) is 3.16. The van der Waals surface area contributed by atoms with Gasteiger partial charge < -0.3 is 5.32 Å². The molecule has 0 aliphatic heterocycles. The molecular weight excluding hydrogens is 343 g/mol. The largest absolute Gasteiger partial charge is 0.372 e. The fraction of sp³-hybridized carbons (Fsp3) is 0.368. The topological polar surface area (TPSA) is 15.3 Å². The first-order valence-corrected chi connectivity index (χ1v) is 8.46. The molecule has 2 aromatic carbocycles. The Kier molecular flexibility index (Phi) is 7.52. The van der Waals surface area contributed by atoms with Gasteiger partial charge in [-0.15, -0.1) is 0 Å². The number of anilines is 1. The average molecular weight is 366 g/mol. The number of hydrogen-bond acceptors (Lipinski definition) is 2. The first-order chi connectivity index (χ1) is 10.8. The van der Waals surface area contributed by atoms with Crippen LogP contribution in [0.2, 0.25) is 5.02 Å². The maximum Gasteiger partial charge on any atom is 0.0683 e. The predicted molar refractivity (Wildman–Crippen MR) is 94.2 cm³/mol. The summed E-state index contributed by atoms with van der Waals surface area (Å²) < 4.78 is 0. The molecule has 1 saturated carbocycles. The van der Waals surface area contributed by atoms with Crippen LogP contribution in [0.15, 0.2) is 54.6 Å². The number of rotatable bonds is 6. The minimum absolute atomic E-state index is 0. The zero-order valence-corrected chi connectivity index (χ0v) is 15.4. The van der Waals surface area contributed by atoms with Crippen LogP contribution in [0.5, 0.6) is 0 Å². The Morgan fingerprint density at radius 2 is 1.61 bits per heavy atom. The Hall–Kier alpha value is -0.926. The maximum atomic E-state index is 5.99. The molecule has 1 radical (unpaired) electrons. The second-order valence-corrected chi connectivity index (χ2v) is 6.45. The van der Waals surface area contributed by atoms with Crippen LogP contribution >= 0.6 is 11.6 Å². The van der Waals surface area contributed by atoms with Crippen LogP contribution in [0.25, 0.3) is 0 Å². The van der Waals surface area contributed by atoms with Gasteiger partial charge in [-0.25, -0.2) is 0 Å². The van der Waals surface area contributed by atoms with Gasteiger partial charge in [0.2, 0.25) is 0 Å². The number of halogens is 1. The zero-order chi connectivity index (χ0) is 15.2. The molecule has 0 aromatic heterocycles. The Bertz CT molecular complexity index is 568. The summed E-state index contributed by atoms with van der Waals surface area (Å²) in [6.07, 6.45) is 5.33. The minimum Gasteiger partial charge on any atom is -0.372 e. The third-order valence-electron chi connectivity index (χ3n) is 4.40. The quantitative estimate of drug-likeness (QED) is 0.712. The second-order valence-electron chi connectivity index (χ2n) is 6.01. The van der Waals surface area contributed by atoms with Gasteiger partial charge in [-0.05, 0) is 42.7 Å². The summed E-state index contributed by atoms with van der Waals surface area (Å²) in [4.78, 5) is 2.56. The van der Waals surface area contributed by atoms with Gasteiger partial charge in [0.15, 0.2) is 0 Å². The van der Waals surface area contributed by atoms with E-state index in [0.29, 0.717) is 6.04 Å². The van der Waals surface area contributed by atoms with E-state index in [-0.39, 0.29) is 18.6 Å². The summed E-state index contributed by atoms with van der Waals surface area (Å²) in [6, 6.07) is 19.3. The number of hydrogen-bond donors (Lipinski definition) is 1. The first kappa shape index (κ1) is 18.4. The van der Waals surface area contributed by atoms with Crippen molar-refractivity contribution in [1.82, 2.24) is 4.90 Å². The second kappa shape index (κ2) is 9.39. The summed E-state index contributed by atoms with van der Waals surface area (Å²) in [7, 11) is 0. The van der Waals surface area contributed by atoms with E-state index in [1.165, 1.54) is 36.9 Å². The van der Waals surface area contributed by atoms with Crippen molar-refractivity contribution < 1.29 is 18.6 Å². The van der Waals surface area contributed by atoms with E-state index >= 15 is 0 Å². The molecule has 0 unspecified atom stereocenters. The van der Waals surface area contributed by atoms with E-state index in [4.69, 9.17) is 11.6 Å². The molecule has 0 atom stereocenters. The standard InChI is InChI=1S/C19H23ClN2.V/c20-17-12-10-16(11-13-17)14-22(19-8-4-5-9-19)15-21-18-6-2-1-3-7-18;/h1-3,6-7,10-13,19,21H,4-5,8-9,14-15H2;. The van der Waals surface area contributed by atoms with E-state index in [2.05, 4.69) is 46.6 Å². The average Bonchev–Trinajstić information content (AvgIpc) is 3.08. The number of benzene rings is 2. The molecule has 2 aromatic rings. The molecule has 3 rings (SSSR count). The Balaban J connectivity index is 0.00000192. The van der Waals surface area contributed by atoms with Gasteiger partial charge in [-0.1, -0.05) is 54.8 Å². The van der Waals surface area contributed by atoms with Crippen LogP contribution in [0.4, 0.5) is 5.69 Å². The van der Waals surface area contributed by atoms with Crippen molar-refractivity contribution in [2.45, 2.75) is 38.3 Å². The van der Waals surface area contributed by atoms with Crippen molar-refractivity contribution in [1.29, 1.82) is 0 Å². The molecule has 1 aliphatic carbocycles. The van der Waals surface area contributed by atoms with Gasteiger partial charge in [-0.3, -0.25) is 4.90 Å². The monoisotopic (exact) mass is 365 g/mol. The van der Waals surface area contributed by atoms with E-state index in [0.717, 1.165) is 18.2 Å². The van der Waals surface area contributed by atoms with Crippen LogP contribution in [0.3, 0.4) is 0 Å². The molecular formula is C19H23ClN2V. The van der Waals surface area contributed by atoms with Crippen molar-refractivity contribution in [2.75, 3.05) is 12.0 Å². The zero-order valence-electron chi connectivity index (χ0n) is 13.3. The number of para-hydroxylation sites is 1. The van der Waals surface area contributed by atoms with Gasteiger partial charge in [-0.2, -0.15) is 0 Å². The molecule has 0 amide bonds.